The van der Waals surface area contributed by atoms with Crippen LogP contribution in [0.15, 0.2) is 18.2 Å². The zero-order chi connectivity index (χ0) is 13.2. The van der Waals surface area contributed by atoms with Gasteiger partial charge < -0.3 is 24.1 Å². The first-order valence-electron chi connectivity index (χ1n) is 6.09. The minimum Gasteiger partial charge on any atom is -0.478 e. The Kier molecular flexibility index (Phi) is 3.48. The van der Waals surface area contributed by atoms with Gasteiger partial charge in [-0.3, -0.25) is 0 Å². The molecule has 0 atom stereocenters. The summed E-state index contributed by atoms with van der Waals surface area (Å²) >= 11 is 0. The summed E-state index contributed by atoms with van der Waals surface area (Å²) in [5.41, 5.74) is 1.61. The van der Waals surface area contributed by atoms with Gasteiger partial charge in [-0.1, -0.05) is 6.07 Å². The Bertz CT molecular complexity index is 474. The second-order valence-electron chi connectivity index (χ2n) is 4.30. The van der Waals surface area contributed by atoms with Gasteiger partial charge in [-0.15, -0.1) is 0 Å². The fourth-order valence-corrected chi connectivity index (χ4v) is 2.20. The maximum atomic E-state index is 11.1. The number of aromatic carboxylic acids is 1. The molecule has 0 amide bonds. The number of carboxylic acid groups (broad SMARTS) is 1. The van der Waals surface area contributed by atoms with Crippen molar-refractivity contribution in [2.45, 2.75) is 12.6 Å². The normalized spacial score (nSPS) is 21.1. The van der Waals surface area contributed by atoms with Crippen molar-refractivity contribution in [3.8, 4) is 0 Å². The second-order valence-corrected chi connectivity index (χ2v) is 4.30. The molecule has 0 radical (unpaired) electrons. The van der Waals surface area contributed by atoms with E-state index in [0.29, 0.717) is 32.0 Å². The van der Waals surface area contributed by atoms with Crippen LogP contribution in [0.2, 0.25) is 0 Å². The maximum absolute atomic E-state index is 11.1. The van der Waals surface area contributed by atoms with Crippen LogP contribution in [0.4, 0.5) is 0 Å². The van der Waals surface area contributed by atoms with Crippen molar-refractivity contribution in [1.29, 1.82) is 0 Å². The quantitative estimate of drug-likeness (QED) is 0.893. The first-order valence-corrected chi connectivity index (χ1v) is 6.09. The van der Waals surface area contributed by atoms with Crippen LogP contribution in [-0.4, -0.2) is 37.5 Å². The molecule has 0 unspecified atom stereocenters. The number of rotatable bonds is 3. The van der Waals surface area contributed by atoms with Crippen LogP contribution in [-0.2, 0) is 18.9 Å². The third-order valence-corrected chi connectivity index (χ3v) is 3.09. The Morgan fingerprint density at radius 3 is 2.00 bits per heavy atom. The minimum atomic E-state index is -0.987. The number of hydrogen-bond acceptors (Lipinski definition) is 5. The predicted molar refractivity (Wildman–Crippen MR) is 62.7 cm³/mol. The van der Waals surface area contributed by atoms with Crippen LogP contribution < -0.4 is 0 Å². The fraction of sp³-hybridized carbons (Fsp3) is 0.462. The molecule has 1 N–H and O–H groups in total. The fourth-order valence-electron chi connectivity index (χ4n) is 2.20. The smallest absolute Gasteiger partial charge is 0.335 e. The van der Waals surface area contributed by atoms with Gasteiger partial charge in [-0.25, -0.2) is 4.79 Å². The average molecular weight is 266 g/mol. The van der Waals surface area contributed by atoms with Crippen molar-refractivity contribution < 1.29 is 28.8 Å². The van der Waals surface area contributed by atoms with E-state index in [2.05, 4.69) is 0 Å². The lowest BCUT2D eigenvalue weighted by molar-refractivity contribution is -0.0637. The number of hydrogen-bond donors (Lipinski definition) is 1. The number of carboxylic acids is 1. The Hall–Kier alpha value is -1.47. The zero-order valence-electron chi connectivity index (χ0n) is 10.2. The van der Waals surface area contributed by atoms with Gasteiger partial charge in [0.2, 0.25) is 0 Å². The van der Waals surface area contributed by atoms with Crippen molar-refractivity contribution in [2.75, 3.05) is 26.4 Å². The van der Waals surface area contributed by atoms with Gasteiger partial charge in [-0.05, 0) is 12.1 Å². The molecular formula is C13H14O6. The molecule has 2 fully saturated rings. The van der Waals surface area contributed by atoms with Gasteiger partial charge in [0, 0.05) is 11.1 Å². The molecule has 2 aliphatic rings. The third kappa shape index (κ3) is 2.48. The molecule has 0 bridgehead atoms. The van der Waals surface area contributed by atoms with Crippen LogP contribution in [0.25, 0.3) is 0 Å². The summed E-state index contributed by atoms with van der Waals surface area (Å²) in [5, 5.41) is 9.06. The molecule has 6 nitrogen and oxygen atoms in total. The van der Waals surface area contributed by atoms with Crippen LogP contribution in [0, 0.1) is 0 Å². The van der Waals surface area contributed by atoms with Gasteiger partial charge in [0.25, 0.3) is 0 Å². The third-order valence-electron chi connectivity index (χ3n) is 3.09. The average Bonchev–Trinajstić information content (AvgIpc) is 3.11. The summed E-state index contributed by atoms with van der Waals surface area (Å²) < 4.78 is 21.8. The lowest BCUT2D eigenvalue weighted by Crippen LogP contribution is -2.10. The summed E-state index contributed by atoms with van der Waals surface area (Å²) in [6.45, 7) is 2.04. The summed E-state index contributed by atoms with van der Waals surface area (Å²) in [6.07, 6.45) is -1.03. The maximum Gasteiger partial charge on any atom is 0.335 e. The number of benzene rings is 1. The molecule has 3 rings (SSSR count). The molecule has 0 spiro atoms. The molecule has 2 saturated heterocycles. The highest BCUT2D eigenvalue weighted by Crippen LogP contribution is 2.34. The molecule has 102 valence electrons. The molecule has 0 saturated carbocycles. The van der Waals surface area contributed by atoms with E-state index >= 15 is 0 Å². The Balaban J connectivity index is 1.98. The predicted octanol–water partition coefficient (Wildman–Crippen LogP) is 1.48. The molecule has 1 aromatic carbocycles. The van der Waals surface area contributed by atoms with Crippen LogP contribution in [0.3, 0.4) is 0 Å². The van der Waals surface area contributed by atoms with E-state index in [1.165, 1.54) is 6.07 Å². The number of carbonyl (C=O) groups is 1. The van der Waals surface area contributed by atoms with E-state index in [9.17, 15) is 4.79 Å². The van der Waals surface area contributed by atoms with Crippen molar-refractivity contribution in [3.63, 3.8) is 0 Å². The van der Waals surface area contributed by atoms with E-state index in [4.69, 9.17) is 24.1 Å². The molecular weight excluding hydrogens is 252 g/mol. The van der Waals surface area contributed by atoms with E-state index in [-0.39, 0.29) is 5.56 Å². The topological polar surface area (TPSA) is 74.2 Å². The summed E-state index contributed by atoms with van der Waals surface area (Å²) in [6, 6.07) is 4.78. The highest BCUT2D eigenvalue weighted by atomic mass is 16.7. The second kappa shape index (κ2) is 5.26. The Morgan fingerprint density at radius 2 is 1.47 bits per heavy atom. The standard InChI is InChI=1S/C13H14O6/c14-11(15)8-1-2-9(12-16-3-4-17-12)10(7-8)13-18-5-6-19-13/h1-2,7,12-13H,3-6H2,(H,14,15). The summed E-state index contributed by atoms with van der Waals surface area (Å²) in [7, 11) is 0. The van der Waals surface area contributed by atoms with Crippen molar-refractivity contribution in [3.05, 3.63) is 34.9 Å². The zero-order valence-corrected chi connectivity index (χ0v) is 10.2. The van der Waals surface area contributed by atoms with Crippen LogP contribution in [0.1, 0.15) is 34.1 Å². The highest BCUT2D eigenvalue weighted by molar-refractivity contribution is 5.87. The van der Waals surface area contributed by atoms with E-state index < -0.39 is 18.5 Å². The van der Waals surface area contributed by atoms with Gasteiger partial charge in [-0.2, -0.15) is 0 Å². The molecule has 19 heavy (non-hydrogen) atoms. The first kappa shape index (κ1) is 12.6. The van der Waals surface area contributed by atoms with Crippen molar-refractivity contribution >= 4 is 5.97 Å². The van der Waals surface area contributed by atoms with Crippen molar-refractivity contribution in [2.24, 2.45) is 0 Å². The molecule has 0 aliphatic carbocycles. The first-order chi connectivity index (χ1) is 9.25. The molecule has 2 aliphatic heterocycles. The van der Waals surface area contributed by atoms with E-state index in [1.54, 1.807) is 12.1 Å². The molecule has 2 heterocycles. The summed E-state index contributed by atoms with van der Waals surface area (Å²) in [5.74, 6) is -0.987. The molecule has 0 aromatic heterocycles. The van der Waals surface area contributed by atoms with E-state index in [1.807, 2.05) is 0 Å². The monoisotopic (exact) mass is 266 g/mol. The highest BCUT2D eigenvalue weighted by Gasteiger charge is 2.28. The minimum absolute atomic E-state index is 0.191. The lowest BCUT2D eigenvalue weighted by Gasteiger charge is -2.18. The largest absolute Gasteiger partial charge is 0.478 e. The van der Waals surface area contributed by atoms with Gasteiger partial charge in [0.1, 0.15) is 0 Å². The molecule has 6 heteroatoms. The van der Waals surface area contributed by atoms with E-state index in [0.717, 1.165) is 5.56 Å². The summed E-state index contributed by atoms with van der Waals surface area (Å²) in [4.78, 5) is 11.1. The van der Waals surface area contributed by atoms with Crippen LogP contribution >= 0.6 is 0 Å². The van der Waals surface area contributed by atoms with Crippen molar-refractivity contribution in [1.82, 2.24) is 0 Å². The Morgan fingerprint density at radius 1 is 0.947 bits per heavy atom. The van der Waals surface area contributed by atoms with Gasteiger partial charge in [0.05, 0.1) is 32.0 Å². The number of ether oxygens (including phenoxy) is 4. The van der Waals surface area contributed by atoms with Crippen LogP contribution in [0.5, 0.6) is 0 Å². The van der Waals surface area contributed by atoms with Gasteiger partial charge >= 0.3 is 5.97 Å². The lowest BCUT2D eigenvalue weighted by atomic mass is 10.0. The molecule has 1 aromatic rings. The Labute approximate surface area is 109 Å². The SMILES string of the molecule is O=C(O)c1ccc(C2OCCO2)c(C2OCCO2)c1. The van der Waals surface area contributed by atoms with Gasteiger partial charge in [0.15, 0.2) is 12.6 Å².